The average molecular weight is 332 g/mol. The molecule has 4 nitrogen and oxygen atoms in total. The summed E-state index contributed by atoms with van der Waals surface area (Å²) in [5, 5.41) is 3.81. The van der Waals surface area contributed by atoms with E-state index >= 15 is 0 Å². The molecule has 1 unspecified atom stereocenters. The van der Waals surface area contributed by atoms with Crippen molar-refractivity contribution in [1.82, 2.24) is 15.2 Å². The molecule has 0 radical (unpaired) electrons. The summed E-state index contributed by atoms with van der Waals surface area (Å²) in [5.74, 6) is 0.662. The topological polar surface area (TPSA) is 37.4 Å². The smallest absolute Gasteiger partial charge is 0.0544 e. The van der Waals surface area contributed by atoms with Crippen molar-refractivity contribution in [3.8, 4) is 0 Å². The number of piperidine rings is 1. The van der Waals surface area contributed by atoms with Gasteiger partial charge < -0.3 is 10.1 Å². The fourth-order valence-electron chi connectivity index (χ4n) is 4.63. The van der Waals surface area contributed by atoms with E-state index in [1.807, 2.05) is 12.3 Å². The number of pyridine rings is 1. The van der Waals surface area contributed by atoms with Gasteiger partial charge in [-0.2, -0.15) is 0 Å². The summed E-state index contributed by atoms with van der Waals surface area (Å²) in [7, 11) is 0. The van der Waals surface area contributed by atoms with E-state index in [0.717, 1.165) is 26.3 Å². The van der Waals surface area contributed by atoms with Crippen molar-refractivity contribution in [2.24, 2.45) is 5.92 Å². The predicted octanol–water partition coefficient (Wildman–Crippen LogP) is 3.23. The SMILES string of the molecule is CC1(C)CC(N(Cc2ccccn2)CC2CCOC2)CC(C)(C)N1. The van der Waals surface area contributed by atoms with Crippen molar-refractivity contribution in [3.05, 3.63) is 30.1 Å². The van der Waals surface area contributed by atoms with Crippen molar-refractivity contribution in [2.45, 2.75) is 70.6 Å². The highest BCUT2D eigenvalue weighted by molar-refractivity contribution is 5.06. The third-order valence-corrected chi connectivity index (χ3v) is 5.29. The minimum Gasteiger partial charge on any atom is -0.381 e. The van der Waals surface area contributed by atoms with E-state index in [1.165, 1.54) is 25.0 Å². The lowest BCUT2D eigenvalue weighted by Gasteiger charge is -2.50. The minimum atomic E-state index is 0.168. The number of nitrogens with zero attached hydrogens (tertiary/aromatic N) is 2. The van der Waals surface area contributed by atoms with E-state index < -0.39 is 0 Å². The summed E-state index contributed by atoms with van der Waals surface area (Å²) in [6.07, 6.45) is 5.45. The molecule has 0 spiro atoms. The Morgan fingerprint density at radius 3 is 2.54 bits per heavy atom. The Hall–Kier alpha value is -0.970. The first-order chi connectivity index (χ1) is 11.3. The number of nitrogens with one attached hydrogen (secondary N) is 1. The zero-order valence-electron chi connectivity index (χ0n) is 15.7. The first-order valence-electron chi connectivity index (χ1n) is 9.34. The van der Waals surface area contributed by atoms with Gasteiger partial charge in [0, 0.05) is 43.0 Å². The first kappa shape index (κ1) is 17.8. The van der Waals surface area contributed by atoms with Crippen molar-refractivity contribution in [3.63, 3.8) is 0 Å². The van der Waals surface area contributed by atoms with Crippen LogP contribution in [0.3, 0.4) is 0 Å². The molecule has 3 rings (SSSR count). The Morgan fingerprint density at radius 1 is 1.21 bits per heavy atom. The van der Waals surface area contributed by atoms with Crippen LogP contribution < -0.4 is 5.32 Å². The second kappa shape index (κ2) is 7.11. The number of hydrogen-bond acceptors (Lipinski definition) is 4. The maximum atomic E-state index is 5.62. The number of rotatable bonds is 5. The van der Waals surface area contributed by atoms with Gasteiger partial charge in [-0.25, -0.2) is 0 Å². The molecule has 1 N–H and O–H groups in total. The summed E-state index contributed by atoms with van der Waals surface area (Å²) in [6.45, 7) is 13.2. The number of hydrogen-bond donors (Lipinski definition) is 1. The zero-order valence-corrected chi connectivity index (χ0v) is 15.7. The lowest BCUT2D eigenvalue weighted by molar-refractivity contribution is 0.0485. The van der Waals surface area contributed by atoms with E-state index in [4.69, 9.17) is 4.74 Å². The molecule has 1 aromatic rings. The van der Waals surface area contributed by atoms with E-state index in [-0.39, 0.29) is 11.1 Å². The van der Waals surface area contributed by atoms with Crippen LogP contribution in [-0.4, -0.2) is 46.8 Å². The molecule has 3 heterocycles. The van der Waals surface area contributed by atoms with Crippen molar-refractivity contribution < 1.29 is 4.74 Å². The van der Waals surface area contributed by atoms with E-state index in [1.54, 1.807) is 0 Å². The van der Waals surface area contributed by atoms with Gasteiger partial charge in [0.1, 0.15) is 0 Å². The molecule has 0 aromatic carbocycles. The highest BCUT2D eigenvalue weighted by Gasteiger charge is 2.40. The average Bonchev–Trinajstić information content (AvgIpc) is 2.97. The normalized spacial score (nSPS) is 26.8. The quantitative estimate of drug-likeness (QED) is 0.899. The summed E-state index contributed by atoms with van der Waals surface area (Å²) in [4.78, 5) is 7.24. The van der Waals surface area contributed by atoms with E-state index in [2.05, 4.69) is 55.0 Å². The lowest BCUT2D eigenvalue weighted by Crippen LogP contribution is -2.62. The maximum Gasteiger partial charge on any atom is 0.0544 e. The molecule has 2 aliphatic heterocycles. The van der Waals surface area contributed by atoms with Gasteiger partial charge >= 0.3 is 0 Å². The van der Waals surface area contributed by atoms with Gasteiger partial charge in [-0.05, 0) is 65.0 Å². The first-order valence-corrected chi connectivity index (χ1v) is 9.34. The largest absolute Gasteiger partial charge is 0.381 e. The molecule has 1 atom stereocenters. The molecule has 0 amide bonds. The Balaban J connectivity index is 1.77. The zero-order chi connectivity index (χ0) is 17.2. The van der Waals surface area contributed by atoms with E-state index in [0.29, 0.717) is 12.0 Å². The monoisotopic (exact) mass is 331 g/mol. The third kappa shape index (κ3) is 4.78. The summed E-state index contributed by atoms with van der Waals surface area (Å²) >= 11 is 0. The molecule has 24 heavy (non-hydrogen) atoms. The second-order valence-electron chi connectivity index (χ2n) is 8.93. The van der Waals surface area contributed by atoms with Crippen LogP contribution >= 0.6 is 0 Å². The Morgan fingerprint density at radius 2 is 1.96 bits per heavy atom. The van der Waals surface area contributed by atoms with Gasteiger partial charge in [-0.3, -0.25) is 9.88 Å². The number of ether oxygens (including phenoxy) is 1. The van der Waals surface area contributed by atoms with Crippen LogP contribution in [0.25, 0.3) is 0 Å². The highest BCUT2D eigenvalue weighted by atomic mass is 16.5. The van der Waals surface area contributed by atoms with Gasteiger partial charge in [0.15, 0.2) is 0 Å². The molecule has 2 fully saturated rings. The Kier molecular flexibility index (Phi) is 5.28. The van der Waals surface area contributed by atoms with Crippen LogP contribution in [0.1, 0.15) is 52.7 Å². The van der Waals surface area contributed by atoms with Gasteiger partial charge in [-0.1, -0.05) is 6.07 Å². The van der Waals surface area contributed by atoms with Gasteiger partial charge in [0.05, 0.1) is 12.3 Å². The summed E-state index contributed by atoms with van der Waals surface area (Å²) in [6, 6.07) is 6.82. The van der Waals surface area contributed by atoms with Crippen molar-refractivity contribution in [2.75, 3.05) is 19.8 Å². The molecule has 0 aliphatic carbocycles. The van der Waals surface area contributed by atoms with Crippen LogP contribution in [0.4, 0.5) is 0 Å². The summed E-state index contributed by atoms with van der Waals surface area (Å²) in [5.41, 5.74) is 1.51. The van der Waals surface area contributed by atoms with Crippen LogP contribution in [-0.2, 0) is 11.3 Å². The number of aromatic nitrogens is 1. The standard InChI is InChI=1S/C20H33N3O/c1-19(2)11-18(12-20(3,4)22-19)23(13-16-8-10-24-15-16)14-17-7-5-6-9-21-17/h5-7,9,16,18,22H,8,10-15H2,1-4H3. The van der Waals surface area contributed by atoms with Crippen molar-refractivity contribution in [1.29, 1.82) is 0 Å². The van der Waals surface area contributed by atoms with Crippen LogP contribution in [0.5, 0.6) is 0 Å². The molecule has 2 aliphatic rings. The molecule has 1 aromatic heterocycles. The maximum absolute atomic E-state index is 5.62. The molecule has 2 saturated heterocycles. The Labute approximate surface area is 147 Å². The van der Waals surface area contributed by atoms with Crippen LogP contribution in [0.2, 0.25) is 0 Å². The molecule has 4 heteroatoms. The van der Waals surface area contributed by atoms with Crippen LogP contribution in [0, 0.1) is 5.92 Å². The molecular formula is C20H33N3O. The van der Waals surface area contributed by atoms with Gasteiger partial charge in [-0.15, -0.1) is 0 Å². The predicted molar refractivity (Wildman–Crippen MR) is 97.9 cm³/mol. The van der Waals surface area contributed by atoms with Crippen molar-refractivity contribution >= 4 is 0 Å². The molecule has 0 saturated carbocycles. The Bertz CT molecular complexity index is 507. The fourth-order valence-corrected chi connectivity index (χ4v) is 4.63. The summed E-state index contributed by atoms with van der Waals surface area (Å²) < 4.78 is 5.62. The molecular weight excluding hydrogens is 298 g/mol. The molecule has 0 bridgehead atoms. The second-order valence-corrected chi connectivity index (χ2v) is 8.93. The minimum absolute atomic E-state index is 0.168. The van der Waals surface area contributed by atoms with Gasteiger partial charge in [0.25, 0.3) is 0 Å². The van der Waals surface area contributed by atoms with E-state index in [9.17, 15) is 0 Å². The lowest BCUT2D eigenvalue weighted by atomic mass is 9.78. The molecule has 134 valence electrons. The fraction of sp³-hybridized carbons (Fsp3) is 0.750. The third-order valence-electron chi connectivity index (χ3n) is 5.29. The van der Waals surface area contributed by atoms with Gasteiger partial charge in [0.2, 0.25) is 0 Å². The highest BCUT2D eigenvalue weighted by Crippen LogP contribution is 2.33. The van der Waals surface area contributed by atoms with Crippen LogP contribution in [0.15, 0.2) is 24.4 Å².